The lowest BCUT2D eigenvalue weighted by Crippen LogP contribution is -1.94. The van der Waals surface area contributed by atoms with Crippen molar-refractivity contribution in [3.05, 3.63) is 55.1 Å². The fraction of sp³-hybridized carbons (Fsp3) is 0.105. The van der Waals surface area contributed by atoms with Crippen LogP contribution in [0.1, 0.15) is 0 Å². The Hall–Kier alpha value is -3.81. The third-order valence-electron chi connectivity index (χ3n) is 4.08. The van der Waals surface area contributed by atoms with Gasteiger partial charge in [0.05, 0.1) is 32.3 Å². The molecule has 1 aromatic carbocycles. The number of nitrogens with two attached hydrogens (primary N) is 1. The third-order valence-corrected chi connectivity index (χ3v) is 4.08. The number of hydrogen-bond acceptors (Lipinski definition) is 7. The predicted octanol–water partition coefficient (Wildman–Crippen LogP) is 3.13. The Bertz CT molecular complexity index is 1090. The number of imidazole rings is 1. The lowest BCUT2D eigenvalue weighted by Gasteiger charge is -2.09. The van der Waals surface area contributed by atoms with E-state index < -0.39 is 0 Å². The molecular weight excluding hydrogens is 344 g/mol. The maximum Gasteiger partial charge on any atom is 0.162 e. The topological polar surface area (TPSA) is 99.6 Å². The molecule has 0 radical (unpaired) electrons. The molecule has 136 valence electrons. The normalized spacial score (nSPS) is 10.7. The van der Waals surface area contributed by atoms with Crippen molar-refractivity contribution in [2.24, 2.45) is 0 Å². The Morgan fingerprint density at radius 3 is 2.56 bits per heavy atom. The summed E-state index contributed by atoms with van der Waals surface area (Å²) in [6, 6.07) is 9.22. The van der Waals surface area contributed by atoms with Gasteiger partial charge in [-0.1, -0.05) is 0 Å². The number of anilines is 3. The van der Waals surface area contributed by atoms with Crippen LogP contribution in [-0.4, -0.2) is 33.6 Å². The predicted molar refractivity (Wildman–Crippen MR) is 103 cm³/mol. The van der Waals surface area contributed by atoms with Crippen molar-refractivity contribution in [2.75, 3.05) is 25.3 Å². The molecule has 0 aliphatic rings. The Morgan fingerprint density at radius 1 is 0.963 bits per heavy atom. The lowest BCUT2D eigenvalue weighted by molar-refractivity contribution is 0.355. The minimum absolute atomic E-state index is 0.476. The van der Waals surface area contributed by atoms with Gasteiger partial charge in [0, 0.05) is 29.7 Å². The van der Waals surface area contributed by atoms with Gasteiger partial charge in [-0.2, -0.15) is 0 Å². The Labute approximate surface area is 155 Å². The minimum Gasteiger partial charge on any atom is -0.493 e. The van der Waals surface area contributed by atoms with E-state index in [1.54, 1.807) is 32.7 Å². The minimum atomic E-state index is 0.476. The van der Waals surface area contributed by atoms with Crippen LogP contribution in [-0.2, 0) is 0 Å². The first kappa shape index (κ1) is 16.6. The number of pyridine rings is 1. The van der Waals surface area contributed by atoms with Crippen molar-refractivity contribution < 1.29 is 9.47 Å². The second-order valence-corrected chi connectivity index (χ2v) is 5.83. The van der Waals surface area contributed by atoms with E-state index in [9.17, 15) is 0 Å². The van der Waals surface area contributed by atoms with Crippen molar-refractivity contribution in [2.45, 2.75) is 0 Å². The van der Waals surface area contributed by atoms with Crippen LogP contribution in [0.25, 0.3) is 16.9 Å². The molecule has 3 heterocycles. The summed E-state index contributed by atoms with van der Waals surface area (Å²) >= 11 is 0. The summed E-state index contributed by atoms with van der Waals surface area (Å²) in [4.78, 5) is 13.1. The van der Waals surface area contributed by atoms with E-state index in [0.717, 1.165) is 22.6 Å². The SMILES string of the molecule is COc1ccc(Nc2cn3cc(-c4ccc(N)nc4)ncc3n2)cc1OC. The van der Waals surface area contributed by atoms with Gasteiger partial charge in [0.25, 0.3) is 0 Å². The summed E-state index contributed by atoms with van der Waals surface area (Å²) in [5.41, 5.74) is 8.87. The molecule has 8 heteroatoms. The van der Waals surface area contributed by atoms with E-state index in [1.807, 2.05) is 41.1 Å². The molecular formula is C19H18N6O2. The lowest BCUT2D eigenvalue weighted by atomic mass is 10.2. The van der Waals surface area contributed by atoms with E-state index in [4.69, 9.17) is 15.2 Å². The number of nitrogens with zero attached hydrogens (tertiary/aromatic N) is 4. The van der Waals surface area contributed by atoms with Crippen LogP contribution < -0.4 is 20.5 Å². The summed E-state index contributed by atoms with van der Waals surface area (Å²) < 4.78 is 12.5. The van der Waals surface area contributed by atoms with Crippen LogP contribution in [0.15, 0.2) is 55.1 Å². The Morgan fingerprint density at radius 2 is 1.81 bits per heavy atom. The van der Waals surface area contributed by atoms with Crippen molar-refractivity contribution in [1.82, 2.24) is 19.4 Å². The highest BCUT2D eigenvalue weighted by Crippen LogP contribution is 2.31. The van der Waals surface area contributed by atoms with Gasteiger partial charge in [-0.15, -0.1) is 0 Å². The molecule has 0 fully saturated rings. The zero-order valence-corrected chi connectivity index (χ0v) is 14.9. The molecule has 0 saturated heterocycles. The summed E-state index contributed by atoms with van der Waals surface area (Å²) in [6.07, 6.45) is 7.20. The number of ether oxygens (including phenoxy) is 2. The van der Waals surface area contributed by atoms with E-state index in [2.05, 4.69) is 20.3 Å². The monoisotopic (exact) mass is 362 g/mol. The highest BCUT2D eigenvalue weighted by molar-refractivity contribution is 5.64. The first-order valence-electron chi connectivity index (χ1n) is 8.22. The van der Waals surface area contributed by atoms with Crippen LogP contribution in [0.2, 0.25) is 0 Å². The second kappa shape index (κ2) is 6.83. The molecule has 3 aromatic heterocycles. The highest BCUT2D eigenvalue weighted by atomic mass is 16.5. The fourth-order valence-corrected chi connectivity index (χ4v) is 2.73. The number of benzene rings is 1. The number of methoxy groups -OCH3 is 2. The molecule has 4 rings (SSSR count). The summed E-state index contributed by atoms with van der Waals surface area (Å²) in [5.74, 6) is 2.48. The average molecular weight is 362 g/mol. The highest BCUT2D eigenvalue weighted by Gasteiger charge is 2.08. The van der Waals surface area contributed by atoms with Gasteiger partial charge in [-0.3, -0.25) is 4.98 Å². The first-order valence-corrected chi connectivity index (χ1v) is 8.22. The largest absolute Gasteiger partial charge is 0.493 e. The fourth-order valence-electron chi connectivity index (χ4n) is 2.73. The molecule has 0 unspecified atom stereocenters. The molecule has 0 spiro atoms. The van der Waals surface area contributed by atoms with Gasteiger partial charge < -0.3 is 24.9 Å². The van der Waals surface area contributed by atoms with Gasteiger partial charge in [0.15, 0.2) is 17.1 Å². The molecule has 27 heavy (non-hydrogen) atoms. The van der Waals surface area contributed by atoms with Gasteiger partial charge in [0.2, 0.25) is 0 Å². The van der Waals surface area contributed by atoms with Crippen molar-refractivity contribution >= 4 is 23.0 Å². The van der Waals surface area contributed by atoms with Crippen LogP contribution >= 0.6 is 0 Å². The van der Waals surface area contributed by atoms with E-state index in [1.165, 1.54) is 0 Å². The van der Waals surface area contributed by atoms with Gasteiger partial charge in [0.1, 0.15) is 11.6 Å². The number of rotatable bonds is 5. The van der Waals surface area contributed by atoms with E-state index in [-0.39, 0.29) is 0 Å². The number of nitrogens with one attached hydrogen (secondary N) is 1. The van der Waals surface area contributed by atoms with Crippen molar-refractivity contribution in [1.29, 1.82) is 0 Å². The molecule has 0 aliphatic carbocycles. The molecule has 0 bridgehead atoms. The molecule has 0 saturated carbocycles. The molecule has 0 atom stereocenters. The van der Waals surface area contributed by atoms with Crippen molar-refractivity contribution in [3.63, 3.8) is 0 Å². The van der Waals surface area contributed by atoms with Gasteiger partial charge in [-0.05, 0) is 24.3 Å². The molecule has 3 N–H and O–H groups in total. The van der Waals surface area contributed by atoms with Gasteiger partial charge >= 0.3 is 0 Å². The van der Waals surface area contributed by atoms with Crippen LogP contribution in [0.5, 0.6) is 11.5 Å². The third kappa shape index (κ3) is 3.32. The standard InChI is InChI=1S/C19H18N6O2/c1-26-15-5-4-13(7-16(15)27-2)23-18-11-25-10-14(21-9-19(25)24-18)12-3-6-17(20)22-8-12/h3-11,23H,1-2H3,(H2,20,22). The molecule has 4 aromatic rings. The molecule has 0 amide bonds. The Balaban J connectivity index is 1.63. The summed E-state index contributed by atoms with van der Waals surface area (Å²) in [7, 11) is 3.21. The maximum atomic E-state index is 5.64. The zero-order valence-electron chi connectivity index (χ0n) is 14.9. The second-order valence-electron chi connectivity index (χ2n) is 5.83. The first-order chi connectivity index (χ1) is 13.2. The average Bonchev–Trinajstić information content (AvgIpc) is 3.09. The summed E-state index contributed by atoms with van der Waals surface area (Å²) in [5, 5.41) is 3.26. The number of nitrogen functional groups attached to an aromatic ring is 1. The number of aromatic nitrogens is 4. The quantitative estimate of drug-likeness (QED) is 0.562. The summed E-state index contributed by atoms with van der Waals surface area (Å²) in [6.45, 7) is 0. The maximum absolute atomic E-state index is 5.64. The zero-order chi connectivity index (χ0) is 18.8. The smallest absolute Gasteiger partial charge is 0.162 e. The molecule has 8 nitrogen and oxygen atoms in total. The van der Waals surface area contributed by atoms with Crippen LogP contribution in [0.4, 0.5) is 17.3 Å². The number of hydrogen-bond donors (Lipinski definition) is 2. The van der Waals surface area contributed by atoms with E-state index >= 15 is 0 Å². The number of fused-ring (bicyclic) bond motifs is 1. The Kier molecular flexibility index (Phi) is 4.21. The van der Waals surface area contributed by atoms with Crippen LogP contribution in [0.3, 0.4) is 0 Å². The van der Waals surface area contributed by atoms with Gasteiger partial charge in [-0.25, -0.2) is 9.97 Å². The van der Waals surface area contributed by atoms with Crippen molar-refractivity contribution in [3.8, 4) is 22.8 Å². The van der Waals surface area contributed by atoms with Crippen LogP contribution in [0, 0.1) is 0 Å². The van der Waals surface area contributed by atoms with E-state index in [0.29, 0.717) is 23.1 Å². The molecule has 0 aliphatic heterocycles.